The number of hydrogen-bond acceptors (Lipinski definition) is 6. The molecule has 4 aromatic rings. The average Bonchev–Trinajstić information content (AvgIpc) is 3.21. The number of halogens is 2. The third-order valence-corrected chi connectivity index (χ3v) is 6.03. The van der Waals surface area contributed by atoms with Crippen molar-refractivity contribution >= 4 is 32.6 Å². The number of anilines is 1. The van der Waals surface area contributed by atoms with Crippen LogP contribution in [0.15, 0.2) is 48.5 Å². The van der Waals surface area contributed by atoms with Crippen molar-refractivity contribution in [1.29, 1.82) is 5.26 Å². The molecule has 0 spiro atoms. The Kier molecular flexibility index (Phi) is 5.36. The normalized spacial score (nSPS) is 12.5. The molecule has 1 aliphatic rings. The van der Waals surface area contributed by atoms with Gasteiger partial charge in [0, 0.05) is 17.7 Å². The van der Waals surface area contributed by atoms with E-state index in [4.69, 9.17) is 9.47 Å². The highest BCUT2D eigenvalue weighted by atomic mass is 32.1. The topological polar surface area (TPSA) is 84.2 Å². The molecule has 0 saturated carbocycles. The molecule has 164 valence electrons. The van der Waals surface area contributed by atoms with Crippen molar-refractivity contribution in [2.24, 2.45) is 0 Å². The number of benzene rings is 3. The van der Waals surface area contributed by atoms with Crippen LogP contribution in [-0.4, -0.2) is 17.5 Å². The second-order valence-corrected chi connectivity index (χ2v) is 8.38. The first-order valence-electron chi connectivity index (χ1n) is 10.0. The van der Waals surface area contributed by atoms with Crippen molar-refractivity contribution in [3.63, 3.8) is 0 Å². The minimum atomic E-state index is -0.785. The summed E-state index contributed by atoms with van der Waals surface area (Å²) in [6.07, 6.45) is 1.76. The third kappa shape index (κ3) is 4.21. The highest BCUT2D eigenvalue weighted by molar-refractivity contribution is 7.22. The van der Waals surface area contributed by atoms with E-state index in [1.807, 2.05) is 0 Å². The summed E-state index contributed by atoms with van der Waals surface area (Å²) in [6, 6.07) is 13.9. The Morgan fingerprint density at radius 3 is 2.79 bits per heavy atom. The summed E-state index contributed by atoms with van der Waals surface area (Å²) >= 11 is 0.979. The van der Waals surface area contributed by atoms with Crippen LogP contribution in [0.2, 0.25) is 0 Å². The number of nitriles is 1. The zero-order valence-corrected chi connectivity index (χ0v) is 17.8. The fourth-order valence-corrected chi connectivity index (χ4v) is 4.43. The Morgan fingerprint density at radius 2 is 2.00 bits per heavy atom. The summed E-state index contributed by atoms with van der Waals surface area (Å²) < 4.78 is 39.0. The molecule has 0 radical (unpaired) electrons. The van der Waals surface area contributed by atoms with Gasteiger partial charge in [-0.15, -0.1) is 0 Å². The van der Waals surface area contributed by atoms with E-state index in [1.165, 1.54) is 6.07 Å². The monoisotopic (exact) mass is 463 g/mol. The van der Waals surface area contributed by atoms with E-state index in [-0.39, 0.29) is 10.6 Å². The number of thiazole rings is 1. The number of carbonyl (C=O) groups is 1. The van der Waals surface area contributed by atoms with Gasteiger partial charge >= 0.3 is 0 Å². The third-order valence-electron chi connectivity index (χ3n) is 5.11. The van der Waals surface area contributed by atoms with Gasteiger partial charge in [0.1, 0.15) is 34.7 Å². The second-order valence-electron chi connectivity index (χ2n) is 7.35. The molecular formula is C24H15F2N3O3S. The van der Waals surface area contributed by atoms with E-state index in [1.54, 1.807) is 36.4 Å². The number of nitrogens with zero attached hydrogens (tertiary/aromatic N) is 2. The highest BCUT2D eigenvalue weighted by Gasteiger charge is 2.17. The van der Waals surface area contributed by atoms with Crippen LogP contribution in [0.1, 0.15) is 27.9 Å². The smallest absolute Gasteiger partial charge is 0.257 e. The zero-order chi connectivity index (χ0) is 22.9. The Labute approximate surface area is 191 Å². The number of amides is 1. The molecule has 2 heterocycles. The van der Waals surface area contributed by atoms with Crippen LogP contribution in [0.25, 0.3) is 10.2 Å². The Bertz CT molecular complexity index is 1430. The first-order chi connectivity index (χ1) is 16.0. The summed E-state index contributed by atoms with van der Waals surface area (Å²) in [4.78, 5) is 16.6. The summed E-state index contributed by atoms with van der Waals surface area (Å²) in [6.45, 7) is 0.623. The number of aromatic nitrogens is 1. The van der Waals surface area contributed by atoms with Gasteiger partial charge in [0.05, 0.1) is 16.9 Å². The van der Waals surface area contributed by atoms with Crippen molar-refractivity contribution in [3.05, 3.63) is 76.9 Å². The van der Waals surface area contributed by atoms with Gasteiger partial charge in [-0.05, 0) is 54.8 Å². The number of carbonyl (C=O) groups excluding carboxylic acids is 1. The van der Waals surface area contributed by atoms with Gasteiger partial charge in [0.15, 0.2) is 10.9 Å². The first-order valence-corrected chi connectivity index (χ1v) is 10.9. The summed E-state index contributed by atoms with van der Waals surface area (Å²) in [5.74, 6) is -0.426. The van der Waals surface area contributed by atoms with Crippen LogP contribution in [0.5, 0.6) is 17.2 Å². The fourth-order valence-electron chi connectivity index (χ4n) is 3.53. The Hall–Kier alpha value is -4.03. The number of aryl methyl sites for hydroxylation is 1. The van der Waals surface area contributed by atoms with E-state index in [9.17, 15) is 18.8 Å². The molecule has 0 unspecified atom stereocenters. The molecule has 0 aliphatic carbocycles. The molecule has 1 aromatic heterocycles. The highest BCUT2D eigenvalue weighted by Crippen LogP contribution is 2.35. The lowest BCUT2D eigenvalue weighted by Crippen LogP contribution is -2.11. The van der Waals surface area contributed by atoms with Gasteiger partial charge in [-0.2, -0.15) is 5.26 Å². The van der Waals surface area contributed by atoms with Gasteiger partial charge in [-0.25, -0.2) is 13.8 Å². The largest absolute Gasteiger partial charge is 0.493 e. The molecule has 9 heteroatoms. The molecule has 1 amide bonds. The van der Waals surface area contributed by atoms with Crippen LogP contribution in [0.3, 0.4) is 0 Å². The van der Waals surface area contributed by atoms with Crippen molar-refractivity contribution in [2.45, 2.75) is 12.8 Å². The molecule has 0 bridgehead atoms. The minimum absolute atomic E-state index is 0.00257. The molecule has 33 heavy (non-hydrogen) atoms. The molecule has 1 N–H and O–H groups in total. The average molecular weight is 463 g/mol. The maximum atomic E-state index is 13.8. The van der Waals surface area contributed by atoms with Crippen molar-refractivity contribution in [3.8, 4) is 23.3 Å². The molecule has 0 atom stereocenters. The number of hydrogen-bond donors (Lipinski definition) is 1. The molecule has 5 rings (SSSR count). The van der Waals surface area contributed by atoms with Crippen molar-refractivity contribution in [2.75, 3.05) is 11.9 Å². The van der Waals surface area contributed by atoms with E-state index < -0.39 is 17.5 Å². The summed E-state index contributed by atoms with van der Waals surface area (Å²) in [5, 5.41) is 12.2. The van der Waals surface area contributed by atoms with Gasteiger partial charge in [0.2, 0.25) is 0 Å². The quantitative estimate of drug-likeness (QED) is 0.413. The standard InChI is InChI=1S/C24H15F2N3O3S/c25-16-9-18(26)22-21(10-16)33-24(28-22)29-23(30)13-3-5-17(6-4-13)32-20-11-19-14(2-1-7-31-19)8-15(20)12-27/h3-6,8-11H,1-2,7H2,(H,28,29,30). The predicted molar refractivity (Wildman–Crippen MR) is 119 cm³/mol. The van der Waals surface area contributed by atoms with E-state index in [2.05, 4.69) is 16.4 Å². The Morgan fingerprint density at radius 1 is 1.18 bits per heavy atom. The fraction of sp³-hybridized carbons (Fsp3) is 0.125. The molecule has 0 fully saturated rings. The molecule has 1 aliphatic heterocycles. The maximum Gasteiger partial charge on any atom is 0.257 e. The summed E-state index contributed by atoms with van der Waals surface area (Å²) in [7, 11) is 0. The van der Waals surface area contributed by atoms with Crippen molar-refractivity contribution in [1.82, 2.24) is 4.98 Å². The molecular weight excluding hydrogens is 448 g/mol. The number of fused-ring (bicyclic) bond motifs is 2. The first kappa shape index (κ1) is 20.8. The van der Waals surface area contributed by atoms with Crippen LogP contribution < -0.4 is 14.8 Å². The molecule has 3 aromatic carbocycles. The SMILES string of the molecule is N#Cc1cc2c(cc1Oc1ccc(C(=O)Nc3nc4c(F)cc(F)cc4s3)cc1)OCCC2. The molecule has 6 nitrogen and oxygen atoms in total. The number of nitrogens with one attached hydrogen (secondary N) is 1. The van der Waals surface area contributed by atoms with Gasteiger partial charge in [-0.1, -0.05) is 11.3 Å². The summed E-state index contributed by atoms with van der Waals surface area (Å²) in [5.41, 5.74) is 1.71. The molecule has 0 saturated heterocycles. The van der Waals surface area contributed by atoms with Crippen LogP contribution in [0, 0.1) is 23.0 Å². The second kappa shape index (κ2) is 8.48. The lowest BCUT2D eigenvalue weighted by molar-refractivity contribution is 0.102. The van der Waals surface area contributed by atoms with Gasteiger partial charge in [-0.3, -0.25) is 10.1 Å². The van der Waals surface area contributed by atoms with E-state index in [0.717, 1.165) is 35.8 Å². The Balaban J connectivity index is 1.32. The maximum absolute atomic E-state index is 13.8. The lowest BCUT2D eigenvalue weighted by Gasteiger charge is -2.19. The predicted octanol–water partition coefficient (Wildman–Crippen LogP) is 5.82. The van der Waals surface area contributed by atoms with Crippen molar-refractivity contribution < 1.29 is 23.0 Å². The number of rotatable bonds is 4. The van der Waals surface area contributed by atoms with E-state index in [0.29, 0.717) is 39.7 Å². The van der Waals surface area contributed by atoms with Gasteiger partial charge < -0.3 is 9.47 Å². The lowest BCUT2D eigenvalue weighted by atomic mass is 10.0. The van der Waals surface area contributed by atoms with Crippen LogP contribution >= 0.6 is 11.3 Å². The van der Waals surface area contributed by atoms with Crippen LogP contribution in [-0.2, 0) is 6.42 Å². The van der Waals surface area contributed by atoms with Gasteiger partial charge in [0.25, 0.3) is 5.91 Å². The van der Waals surface area contributed by atoms with E-state index >= 15 is 0 Å². The minimum Gasteiger partial charge on any atom is -0.493 e. The van der Waals surface area contributed by atoms with Crippen LogP contribution in [0.4, 0.5) is 13.9 Å². The number of ether oxygens (including phenoxy) is 2. The zero-order valence-electron chi connectivity index (χ0n) is 17.0.